The Labute approximate surface area is 350 Å². The summed E-state index contributed by atoms with van der Waals surface area (Å²) in [6, 6.07) is 83.8. The molecule has 0 radical (unpaired) electrons. The zero-order chi connectivity index (χ0) is 39.4. The summed E-state index contributed by atoms with van der Waals surface area (Å²) in [6.07, 6.45) is 0. The highest BCUT2D eigenvalue weighted by Crippen LogP contribution is 2.65. The Morgan fingerprint density at radius 1 is 0.267 bits per heavy atom. The predicted octanol–water partition coefficient (Wildman–Crippen LogP) is 15.6. The summed E-state index contributed by atoms with van der Waals surface area (Å²) in [5, 5.41) is 2.42. The fourth-order valence-corrected chi connectivity index (χ4v) is 11.1. The molecule has 0 heterocycles. The highest BCUT2D eigenvalue weighted by Gasteiger charge is 2.52. The molecule has 0 amide bonds. The van der Waals surface area contributed by atoms with Crippen LogP contribution in [0.3, 0.4) is 0 Å². The van der Waals surface area contributed by atoms with Crippen LogP contribution in [0.15, 0.2) is 224 Å². The molecule has 1 heteroatoms. The van der Waals surface area contributed by atoms with Crippen molar-refractivity contribution >= 4 is 27.8 Å². The molecule has 0 unspecified atom stereocenters. The fraction of sp³-hybridized carbons (Fsp3) is 0.0169. The third-order valence-electron chi connectivity index (χ3n) is 13.5. The zero-order valence-corrected chi connectivity index (χ0v) is 32.8. The molecule has 0 bridgehead atoms. The van der Waals surface area contributed by atoms with Gasteiger partial charge in [0.05, 0.1) is 16.8 Å². The summed E-state index contributed by atoms with van der Waals surface area (Å²) in [5.74, 6) is 0. The van der Waals surface area contributed by atoms with Crippen molar-refractivity contribution in [3.8, 4) is 66.8 Å². The van der Waals surface area contributed by atoms with Gasteiger partial charge in [-0.1, -0.05) is 200 Å². The van der Waals surface area contributed by atoms with Crippen molar-refractivity contribution in [1.29, 1.82) is 0 Å². The summed E-state index contributed by atoms with van der Waals surface area (Å²) in [4.78, 5) is 2.55. The van der Waals surface area contributed by atoms with E-state index in [1.54, 1.807) is 0 Å². The third kappa shape index (κ3) is 4.41. The second-order valence-corrected chi connectivity index (χ2v) is 16.3. The van der Waals surface area contributed by atoms with Crippen molar-refractivity contribution in [1.82, 2.24) is 0 Å². The number of hydrogen-bond donors (Lipinski definition) is 0. The van der Waals surface area contributed by atoms with E-state index in [1.807, 2.05) is 0 Å². The normalized spacial score (nSPS) is 13.1. The summed E-state index contributed by atoms with van der Waals surface area (Å²) in [6.45, 7) is 0. The van der Waals surface area contributed by atoms with Crippen LogP contribution in [0.5, 0.6) is 0 Å². The second kappa shape index (κ2) is 12.6. The van der Waals surface area contributed by atoms with Gasteiger partial charge < -0.3 is 4.90 Å². The first-order valence-corrected chi connectivity index (χ1v) is 20.9. The smallest absolute Gasteiger partial charge is 0.0726 e. The van der Waals surface area contributed by atoms with E-state index in [-0.39, 0.29) is 0 Å². The summed E-state index contributed by atoms with van der Waals surface area (Å²) >= 11 is 0. The summed E-state index contributed by atoms with van der Waals surface area (Å²) in [5.41, 5.74) is 23.5. The van der Waals surface area contributed by atoms with Crippen molar-refractivity contribution in [2.24, 2.45) is 0 Å². The second-order valence-electron chi connectivity index (χ2n) is 16.3. The molecule has 0 saturated heterocycles. The Morgan fingerprint density at radius 3 is 1.27 bits per heavy atom. The van der Waals surface area contributed by atoms with Gasteiger partial charge in [-0.3, -0.25) is 0 Å². The SMILES string of the molecule is c1ccc2c(c1)-c1ccccc1-c1ccc(N(c3cccc4c3-c3ccccc3C43c4ccccc4-c4ccccc43)c3cccc4ccccc34)cc1-c1ccccc1-2. The minimum absolute atomic E-state index is 0.443. The highest BCUT2D eigenvalue weighted by molar-refractivity contribution is 6.08. The maximum absolute atomic E-state index is 2.55. The molecule has 0 fully saturated rings. The summed E-state index contributed by atoms with van der Waals surface area (Å²) < 4.78 is 0. The zero-order valence-electron chi connectivity index (χ0n) is 32.8. The van der Waals surface area contributed by atoms with Gasteiger partial charge in [-0.15, -0.1) is 0 Å². The molecule has 3 aliphatic rings. The van der Waals surface area contributed by atoms with Crippen molar-refractivity contribution < 1.29 is 0 Å². The van der Waals surface area contributed by atoms with E-state index in [2.05, 4.69) is 229 Å². The molecule has 0 atom stereocenters. The number of hydrogen-bond acceptors (Lipinski definition) is 1. The average molecular weight is 760 g/mol. The molecule has 1 nitrogen and oxygen atoms in total. The summed E-state index contributed by atoms with van der Waals surface area (Å²) in [7, 11) is 0. The monoisotopic (exact) mass is 759 g/mol. The van der Waals surface area contributed by atoms with Crippen LogP contribution in [0.25, 0.3) is 77.5 Å². The molecule has 60 heavy (non-hydrogen) atoms. The van der Waals surface area contributed by atoms with Gasteiger partial charge in [0.1, 0.15) is 0 Å². The van der Waals surface area contributed by atoms with Crippen LogP contribution in [0.1, 0.15) is 22.3 Å². The molecule has 0 aliphatic heterocycles. The molecule has 0 N–H and O–H groups in total. The van der Waals surface area contributed by atoms with E-state index in [9.17, 15) is 0 Å². The predicted molar refractivity (Wildman–Crippen MR) is 250 cm³/mol. The molecular weight excluding hydrogens is 723 g/mol. The number of nitrogens with zero attached hydrogens (tertiary/aromatic N) is 1. The van der Waals surface area contributed by atoms with E-state index in [1.165, 1.54) is 105 Å². The molecule has 1 spiro atoms. The lowest BCUT2D eigenvalue weighted by molar-refractivity contribution is 0.794. The van der Waals surface area contributed by atoms with Crippen LogP contribution < -0.4 is 4.90 Å². The van der Waals surface area contributed by atoms with E-state index in [0.717, 1.165) is 11.4 Å². The Morgan fingerprint density at radius 2 is 0.667 bits per heavy atom. The first kappa shape index (κ1) is 33.3. The Hall–Kier alpha value is -7.74. The lowest BCUT2D eigenvalue weighted by Gasteiger charge is -2.32. The molecule has 3 aliphatic carbocycles. The van der Waals surface area contributed by atoms with Gasteiger partial charge in [0.25, 0.3) is 0 Å². The van der Waals surface area contributed by atoms with Gasteiger partial charge in [0.2, 0.25) is 0 Å². The van der Waals surface area contributed by atoms with Gasteiger partial charge >= 0.3 is 0 Å². The Kier molecular flexibility index (Phi) is 7.00. The third-order valence-corrected chi connectivity index (χ3v) is 13.5. The van der Waals surface area contributed by atoms with E-state index >= 15 is 0 Å². The molecule has 13 rings (SSSR count). The number of rotatable bonds is 3. The maximum Gasteiger partial charge on any atom is 0.0726 e. The number of benzene rings is 10. The van der Waals surface area contributed by atoms with Crippen molar-refractivity contribution in [3.63, 3.8) is 0 Å². The highest BCUT2D eigenvalue weighted by atomic mass is 15.1. The fourth-order valence-electron chi connectivity index (χ4n) is 11.1. The van der Waals surface area contributed by atoms with E-state index in [0.29, 0.717) is 0 Å². The van der Waals surface area contributed by atoms with Gasteiger partial charge in [-0.05, 0) is 113 Å². The lowest BCUT2D eigenvalue weighted by Crippen LogP contribution is -2.26. The van der Waals surface area contributed by atoms with Crippen molar-refractivity contribution in [3.05, 3.63) is 247 Å². The van der Waals surface area contributed by atoms with Gasteiger partial charge in [0.15, 0.2) is 0 Å². The minimum Gasteiger partial charge on any atom is -0.309 e. The first-order valence-electron chi connectivity index (χ1n) is 20.9. The van der Waals surface area contributed by atoms with E-state index < -0.39 is 5.41 Å². The largest absolute Gasteiger partial charge is 0.309 e. The molecular formula is C59H37N. The van der Waals surface area contributed by atoms with Gasteiger partial charge in [-0.2, -0.15) is 0 Å². The van der Waals surface area contributed by atoms with Crippen LogP contribution in [-0.2, 0) is 5.41 Å². The minimum atomic E-state index is -0.443. The standard InChI is InChI=1S/C59H37N/c1-2-19-40-38(17-1)18-15-33-56(40)60(39-35-36-47-45-24-6-5-22-43(45)41-20-3-4-21-42(41)44-23-7-8-25-46(44)51(47)37-39)57-34-16-32-55-58(57)50-28-11-14-31-54(50)59(55)52-29-12-9-26-48(52)49-27-10-13-30-53(49)59/h1-37H. The Bertz CT molecular complexity index is 3350. The molecule has 278 valence electrons. The lowest BCUT2D eigenvalue weighted by atomic mass is 9.70. The van der Waals surface area contributed by atoms with Gasteiger partial charge in [0, 0.05) is 16.6 Å². The molecule has 0 saturated carbocycles. The number of fused-ring (bicyclic) bond motifs is 19. The maximum atomic E-state index is 2.55. The first-order chi connectivity index (χ1) is 29.8. The Balaban J connectivity index is 1.13. The number of anilines is 3. The van der Waals surface area contributed by atoms with Gasteiger partial charge in [-0.25, -0.2) is 0 Å². The topological polar surface area (TPSA) is 3.24 Å². The molecule has 0 aromatic heterocycles. The quantitative estimate of drug-likeness (QED) is 0.173. The van der Waals surface area contributed by atoms with Crippen LogP contribution in [0.2, 0.25) is 0 Å². The van der Waals surface area contributed by atoms with Crippen LogP contribution in [0, 0.1) is 0 Å². The van der Waals surface area contributed by atoms with Crippen LogP contribution in [-0.4, -0.2) is 0 Å². The average Bonchev–Trinajstić information content (AvgIpc) is 3.79. The van der Waals surface area contributed by atoms with E-state index in [4.69, 9.17) is 0 Å². The molecule has 10 aromatic rings. The van der Waals surface area contributed by atoms with Crippen molar-refractivity contribution in [2.45, 2.75) is 5.41 Å². The van der Waals surface area contributed by atoms with Crippen LogP contribution in [0.4, 0.5) is 17.1 Å². The van der Waals surface area contributed by atoms with Crippen LogP contribution >= 0.6 is 0 Å². The van der Waals surface area contributed by atoms with Crippen molar-refractivity contribution in [2.75, 3.05) is 4.90 Å². The molecule has 10 aromatic carbocycles.